The molecule has 1 atom stereocenters. The summed E-state index contributed by atoms with van der Waals surface area (Å²) < 4.78 is 18.7. The molecule has 3 rings (SSSR count). The van der Waals surface area contributed by atoms with Gasteiger partial charge < -0.3 is 9.64 Å². The van der Waals surface area contributed by atoms with Crippen molar-refractivity contribution < 1.29 is 14.1 Å². The summed E-state index contributed by atoms with van der Waals surface area (Å²) >= 11 is 0. The Bertz CT molecular complexity index is 661. The molecule has 7 heteroatoms. The minimum absolute atomic E-state index is 0.0351. The molecule has 0 unspecified atom stereocenters. The fourth-order valence-electron chi connectivity index (χ4n) is 2.41. The van der Waals surface area contributed by atoms with Crippen molar-refractivity contribution in [1.29, 1.82) is 0 Å². The number of morpholine rings is 1. The van der Waals surface area contributed by atoms with Crippen LogP contribution < -0.4 is 4.90 Å². The number of hydrogen-bond acceptors (Lipinski definition) is 5. The van der Waals surface area contributed by atoms with Gasteiger partial charge in [0, 0.05) is 19.2 Å². The highest BCUT2D eigenvalue weighted by Crippen LogP contribution is 2.26. The Hall–Kier alpha value is -2.54. The molecular weight excluding hydrogens is 289 g/mol. The Morgan fingerprint density at radius 1 is 1.27 bits per heavy atom. The van der Waals surface area contributed by atoms with E-state index in [1.807, 2.05) is 4.90 Å². The lowest BCUT2D eigenvalue weighted by atomic mass is 10.1. The Morgan fingerprint density at radius 3 is 2.68 bits per heavy atom. The normalized spacial score (nSPS) is 18.2. The van der Waals surface area contributed by atoms with Crippen LogP contribution in [0.4, 0.5) is 15.9 Å². The minimum atomic E-state index is -0.475. The van der Waals surface area contributed by atoms with Gasteiger partial charge in [-0.2, -0.15) is 0 Å². The summed E-state index contributed by atoms with van der Waals surface area (Å²) in [6.45, 7) is 1.74. The number of hydrogen-bond donors (Lipinski definition) is 0. The molecule has 22 heavy (non-hydrogen) atoms. The van der Waals surface area contributed by atoms with Crippen LogP contribution in [0, 0.1) is 15.9 Å². The second-order valence-electron chi connectivity index (χ2n) is 4.99. The SMILES string of the molecule is O=[N+]([O-])c1ccc(N2CCO[C@@H](c3ccc(F)cc3)C2)nc1. The number of rotatable bonds is 3. The zero-order chi connectivity index (χ0) is 15.5. The smallest absolute Gasteiger partial charge is 0.287 e. The summed E-state index contributed by atoms with van der Waals surface area (Å²) in [6, 6.07) is 9.28. The second kappa shape index (κ2) is 6.07. The van der Waals surface area contributed by atoms with Gasteiger partial charge in [-0.15, -0.1) is 0 Å². The van der Waals surface area contributed by atoms with Gasteiger partial charge in [0.05, 0.1) is 11.5 Å². The molecule has 1 aromatic heterocycles. The van der Waals surface area contributed by atoms with E-state index in [1.54, 1.807) is 18.2 Å². The molecule has 1 aromatic carbocycles. The molecule has 0 saturated carbocycles. The number of ether oxygens (including phenoxy) is 1. The van der Waals surface area contributed by atoms with Gasteiger partial charge in [-0.3, -0.25) is 10.1 Å². The van der Waals surface area contributed by atoms with Gasteiger partial charge >= 0.3 is 0 Å². The molecule has 0 aliphatic carbocycles. The minimum Gasteiger partial charge on any atom is -0.370 e. The number of anilines is 1. The topological polar surface area (TPSA) is 68.5 Å². The molecule has 0 radical (unpaired) electrons. The van der Waals surface area contributed by atoms with Crippen LogP contribution in [0.2, 0.25) is 0 Å². The predicted octanol–water partition coefficient (Wildman–Crippen LogP) is 2.71. The van der Waals surface area contributed by atoms with E-state index in [-0.39, 0.29) is 17.6 Å². The molecule has 0 spiro atoms. The lowest BCUT2D eigenvalue weighted by molar-refractivity contribution is -0.385. The number of nitro groups is 1. The van der Waals surface area contributed by atoms with Gasteiger partial charge in [-0.1, -0.05) is 12.1 Å². The van der Waals surface area contributed by atoms with Crippen molar-refractivity contribution >= 4 is 11.5 Å². The van der Waals surface area contributed by atoms with E-state index in [9.17, 15) is 14.5 Å². The summed E-state index contributed by atoms with van der Waals surface area (Å²) in [4.78, 5) is 16.3. The van der Waals surface area contributed by atoms with Crippen LogP contribution in [-0.2, 0) is 4.74 Å². The number of benzene rings is 1. The van der Waals surface area contributed by atoms with Crippen LogP contribution >= 0.6 is 0 Å². The molecule has 0 bridgehead atoms. The summed E-state index contributed by atoms with van der Waals surface area (Å²) in [5.41, 5.74) is 0.861. The highest BCUT2D eigenvalue weighted by atomic mass is 19.1. The maximum absolute atomic E-state index is 13.0. The average molecular weight is 303 g/mol. The fraction of sp³-hybridized carbons (Fsp3) is 0.267. The second-order valence-corrected chi connectivity index (χ2v) is 4.99. The third-order valence-corrected chi connectivity index (χ3v) is 3.58. The van der Waals surface area contributed by atoms with Gasteiger partial charge in [-0.05, 0) is 23.8 Å². The van der Waals surface area contributed by atoms with E-state index in [0.717, 1.165) is 5.56 Å². The average Bonchev–Trinajstić information content (AvgIpc) is 2.56. The zero-order valence-electron chi connectivity index (χ0n) is 11.7. The van der Waals surface area contributed by atoms with E-state index in [1.165, 1.54) is 24.4 Å². The highest BCUT2D eigenvalue weighted by molar-refractivity contribution is 5.43. The standard InChI is InChI=1S/C15H14FN3O3/c16-12-3-1-11(2-4-12)14-10-18(7-8-22-14)15-6-5-13(9-17-15)19(20)21/h1-6,9,14H,7-8,10H2/t14-/m1/s1. The van der Waals surface area contributed by atoms with Crippen LogP contribution in [-0.4, -0.2) is 29.6 Å². The lowest BCUT2D eigenvalue weighted by Crippen LogP contribution is -2.38. The largest absolute Gasteiger partial charge is 0.370 e. The first-order valence-corrected chi connectivity index (χ1v) is 6.86. The molecule has 0 N–H and O–H groups in total. The Morgan fingerprint density at radius 2 is 2.05 bits per heavy atom. The molecule has 1 fully saturated rings. The van der Waals surface area contributed by atoms with E-state index in [0.29, 0.717) is 25.5 Å². The molecule has 1 saturated heterocycles. The first-order valence-electron chi connectivity index (χ1n) is 6.86. The molecule has 2 aromatic rings. The van der Waals surface area contributed by atoms with Gasteiger partial charge in [0.2, 0.25) is 0 Å². The van der Waals surface area contributed by atoms with Crippen LogP contribution in [0.5, 0.6) is 0 Å². The van der Waals surface area contributed by atoms with Crippen LogP contribution in [0.25, 0.3) is 0 Å². The van der Waals surface area contributed by atoms with E-state index in [2.05, 4.69) is 4.98 Å². The molecule has 1 aliphatic heterocycles. The van der Waals surface area contributed by atoms with E-state index < -0.39 is 4.92 Å². The Labute approximate surface area is 126 Å². The predicted molar refractivity (Wildman–Crippen MR) is 78.2 cm³/mol. The Balaban J connectivity index is 1.75. The quantitative estimate of drug-likeness (QED) is 0.644. The molecule has 1 aliphatic rings. The lowest BCUT2D eigenvalue weighted by Gasteiger charge is -2.33. The maximum atomic E-state index is 13.0. The van der Waals surface area contributed by atoms with Crippen LogP contribution in [0.1, 0.15) is 11.7 Å². The van der Waals surface area contributed by atoms with Gasteiger partial charge in [0.15, 0.2) is 0 Å². The number of nitrogens with zero attached hydrogens (tertiary/aromatic N) is 3. The summed E-state index contributed by atoms with van der Waals surface area (Å²) in [5.74, 6) is 0.384. The first-order chi connectivity index (χ1) is 10.6. The zero-order valence-corrected chi connectivity index (χ0v) is 11.7. The van der Waals surface area contributed by atoms with E-state index in [4.69, 9.17) is 4.74 Å². The number of aromatic nitrogens is 1. The van der Waals surface area contributed by atoms with Crippen LogP contribution in [0.3, 0.4) is 0 Å². The van der Waals surface area contributed by atoms with Crippen molar-refractivity contribution in [3.05, 3.63) is 64.1 Å². The van der Waals surface area contributed by atoms with Crippen molar-refractivity contribution in [1.82, 2.24) is 4.98 Å². The molecular formula is C15H14FN3O3. The summed E-state index contributed by atoms with van der Waals surface area (Å²) in [6.07, 6.45) is 1.07. The maximum Gasteiger partial charge on any atom is 0.287 e. The third kappa shape index (κ3) is 3.04. The van der Waals surface area contributed by atoms with Crippen molar-refractivity contribution in [2.45, 2.75) is 6.10 Å². The monoisotopic (exact) mass is 303 g/mol. The highest BCUT2D eigenvalue weighted by Gasteiger charge is 2.23. The van der Waals surface area contributed by atoms with E-state index >= 15 is 0 Å². The van der Waals surface area contributed by atoms with Gasteiger partial charge in [0.1, 0.15) is 23.9 Å². The molecule has 0 amide bonds. The summed E-state index contributed by atoms with van der Waals surface area (Å²) in [7, 11) is 0. The van der Waals surface area contributed by atoms with Crippen molar-refractivity contribution in [3.8, 4) is 0 Å². The van der Waals surface area contributed by atoms with Crippen LogP contribution in [0.15, 0.2) is 42.6 Å². The molecule has 2 heterocycles. The van der Waals surface area contributed by atoms with Crippen molar-refractivity contribution in [2.24, 2.45) is 0 Å². The number of halogens is 1. The Kier molecular flexibility index (Phi) is 3.97. The fourth-order valence-corrected chi connectivity index (χ4v) is 2.41. The summed E-state index contributed by atoms with van der Waals surface area (Å²) in [5, 5.41) is 10.7. The van der Waals surface area contributed by atoms with Gasteiger partial charge in [-0.25, -0.2) is 9.37 Å². The molecule has 6 nitrogen and oxygen atoms in total. The van der Waals surface area contributed by atoms with Gasteiger partial charge in [0.25, 0.3) is 5.69 Å². The number of pyridine rings is 1. The third-order valence-electron chi connectivity index (χ3n) is 3.58. The first kappa shape index (κ1) is 14.4. The van der Waals surface area contributed by atoms with Crippen molar-refractivity contribution in [3.63, 3.8) is 0 Å². The van der Waals surface area contributed by atoms with Crippen molar-refractivity contribution in [2.75, 3.05) is 24.6 Å². The molecule has 114 valence electrons.